The number of nitrogens with zero attached hydrogens (tertiary/aromatic N) is 3. The average Bonchev–Trinajstić information content (AvgIpc) is 3.07. The lowest BCUT2D eigenvalue weighted by Crippen LogP contribution is -2.33. The Hall–Kier alpha value is -1.88. The molecule has 0 radical (unpaired) electrons. The van der Waals surface area contributed by atoms with E-state index in [0.717, 1.165) is 9.20 Å². The smallest absolute Gasteiger partial charge is 0.242 e. The molecule has 1 fully saturated rings. The summed E-state index contributed by atoms with van der Waals surface area (Å²) in [6.07, 6.45) is 0. The molecule has 1 atom stereocenters. The predicted molar refractivity (Wildman–Crippen MR) is 120 cm³/mol. The summed E-state index contributed by atoms with van der Waals surface area (Å²) in [6, 6.07) is 12.4. The molecule has 1 aliphatic heterocycles. The summed E-state index contributed by atoms with van der Waals surface area (Å²) in [4.78, 5) is 19.9. The van der Waals surface area contributed by atoms with Crippen LogP contribution in [0, 0.1) is 5.82 Å². The zero-order valence-corrected chi connectivity index (χ0v) is 19.2. The molecule has 1 heterocycles. The van der Waals surface area contributed by atoms with Crippen molar-refractivity contribution in [3.05, 3.63) is 54.3 Å². The third kappa shape index (κ3) is 5.42. The van der Waals surface area contributed by atoms with Crippen LogP contribution in [0.15, 0.2) is 63.3 Å². The first-order chi connectivity index (χ1) is 14.2. The highest BCUT2D eigenvalue weighted by Gasteiger charge is 2.30. The van der Waals surface area contributed by atoms with Crippen molar-refractivity contribution < 1.29 is 17.6 Å². The molecule has 0 saturated carbocycles. The van der Waals surface area contributed by atoms with Gasteiger partial charge in [0, 0.05) is 30.8 Å². The number of benzene rings is 2. The third-order valence-electron chi connectivity index (χ3n) is 4.28. The fraction of sp³-hybridized carbons (Fsp3) is 0.300. The average molecular weight is 468 g/mol. The van der Waals surface area contributed by atoms with E-state index < -0.39 is 10.0 Å². The molecule has 1 saturated heterocycles. The van der Waals surface area contributed by atoms with Crippen LogP contribution in [-0.2, 0) is 14.8 Å². The van der Waals surface area contributed by atoms with Gasteiger partial charge in [-0.3, -0.25) is 9.69 Å². The van der Waals surface area contributed by atoms with Crippen molar-refractivity contribution in [2.24, 2.45) is 4.99 Å². The number of sulfonamides is 1. The summed E-state index contributed by atoms with van der Waals surface area (Å²) in [6.45, 7) is 2.54. The maximum Gasteiger partial charge on any atom is 0.242 e. The van der Waals surface area contributed by atoms with Gasteiger partial charge in [0.25, 0.3) is 0 Å². The minimum Gasteiger partial charge on any atom is -0.289 e. The van der Waals surface area contributed by atoms with Crippen LogP contribution >= 0.6 is 23.5 Å². The molecule has 2 aromatic rings. The number of hydrogen-bond acceptors (Lipinski definition) is 6. The van der Waals surface area contributed by atoms with E-state index >= 15 is 0 Å². The molecule has 30 heavy (non-hydrogen) atoms. The van der Waals surface area contributed by atoms with Gasteiger partial charge in [0.05, 0.1) is 16.3 Å². The molecule has 6 nitrogen and oxygen atoms in total. The maximum atomic E-state index is 13.0. The number of hydrogen-bond donors (Lipinski definition) is 0. The van der Waals surface area contributed by atoms with E-state index in [0.29, 0.717) is 17.4 Å². The van der Waals surface area contributed by atoms with Gasteiger partial charge in [0.1, 0.15) is 5.82 Å². The molecule has 0 spiro atoms. The highest BCUT2D eigenvalue weighted by atomic mass is 32.2. The quantitative estimate of drug-likeness (QED) is 0.604. The molecule has 10 heteroatoms. The summed E-state index contributed by atoms with van der Waals surface area (Å²) in [5.41, 5.74) is 0.471. The van der Waals surface area contributed by atoms with Gasteiger partial charge >= 0.3 is 0 Å². The number of amides is 1. The van der Waals surface area contributed by atoms with Crippen LogP contribution in [-0.4, -0.2) is 60.3 Å². The predicted octanol–water partition coefficient (Wildman–Crippen LogP) is 3.82. The van der Waals surface area contributed by atoms with Crippen LogP contribution in [0.2, 0.25) is 0 Å². The monoisotopic (exact) mass is 467 g/mol. The Morgan fingerprint density at radius 3 is 2.63 bits per heavy atom. The lowest BCUT2D eigenvalue weighted by Gasteiger charge is -2.16. The van der Waals surface area contributed by atoms with E-state index in [-0.39, 0.29) is 27.6 Å². The summed E-state index contributed by atoms with van der Waals surface area (Å²) in [5.74, 6) is -0.215. The standard InChI is InChI=1S/C20H22FN3O3S3/c1-14-12-24(19(25)13-28-17-9-7-15(21)8-10-17)20(29-14)22-16-5-4-6-18(11-16)30(26,27)23(2)3/h4-11,14H,12-13H2,1-3H3. The van der Waals surface area contributed by atoms with Crippen molar-refractivity contribution in [1.82, 2.24) is 9.21 Å². The van der Waals surface area contributed by atoms with Crippen LogP contribution in [0.5, 0.6) is 0 Å². The van der Waals surface area contributed by atoms with Crippen molar-refractivity contribution in [2.75, 3.05) is 26.4 Å². The van der Waals surface area contributed by atoms with E-state index in [4.69, 9.17) is 0 Å². The second-order valence-electron chi connectivity index (χ2n) is 6.85. The molecule has 0 N–H and O–H groups in total. The van der Waals surface area contributed by atoms with Gasteiger partial charge in [-0.2, -0.15) is 0 Å². The maximum absolute atomic E-state index is 13.0. The molecular formula is C20H22FN3O3S3. The number of aliphatic imine (C=N–C) groups is 1. The van der Waals surface area contributed by atoms with Gasteiger partial charge in [0.15, 0.2) is 5.17 Å². The molecule has 0 bridgehead atoms. The first-order valence-electron chi connectivity index (χ1n) is 9.13. The first-order valence-corrected chi connectivity index (χ1v) is 12.4. The minimum atomic E-state index is -3.57. The van der Waals surface area contributed by atoms with Crippen molar-refractivity contribution >= 4 is 50.3 Å². The molecule has 3 rings (SSSR count). The first kappa shape index (κ1) is 22.8. The number of carbonyl (C=O) groups excluding carboxylic acids is 1. The van der Waals surface area contributed by atoms with E-state index in [9.17, 15) is 17.6 Å². The minimum absolute atomic E-state index is 0.100. The van der Waals surface area contributed by atoms with Gasteiger partial charge in [-0.15, -0.1) is 11.8 Å². The lowest BCUT2D eigenvalue weighted by molar-refractivity contribution is -0.124. The lowest BCUT2D eigenvalue weighted by atomic mass is 10.3. The number of thioether (sulfide) groups is 2. The van der Waals surface area contributed by atoms with E-state index in [1.807, 2.05) is 6.92 Å². The summed E-state index contributed by atoms with van der Waals surface area (Å²) in [5, 5.41) is 0.726. The van der Waals surface area contributed by atoms with Gasteiger partial charge in [0.2, 0.25) is 15.9 Å². The largest absolute Gasteiger partial charge is 0.289 e. The Bertz CT molecular complexity index is 1060. The second-order valence-corrected chi connectivity index (χ2v) is 11.5. The summed E-state index contributed by atoms with van der Waals surface area (Å²) < 4.78 is 38.9. The molecule has 160 valence electrons. The van der Waals surface area contributed by atoms with Crippen molar-refractivity contribution in [2.45, 2.75) is 22.0 Å². The molecule has 2 aromatic carbocycles. The van der Waals surface area contributed by atoms with Gasteiger partial charge in [-0.25, -0.2) is 22.1 Å². The molecular weight excluding hydrogens is 445 g/mol. The third-order valence-corrected chi connectivity index (χ3v) is 8.16. The Morgan fingerprint density at radius 1 is 1.27 bits per heavy atom. The van der Waals surface area contributed by atoms with Gasteiger partial charge in [-0.05, 0) is 42.5 Å². The van der Waals surface area contributed by atoms with Crippen LogP contribution < -0.4 is 0 Å². The van der Waals surface area contributed by atoms with Crippen LogP contribution in [0.4, 0.5) is 10.1 Å². The van der Waals surface area contributed by atoms with Crippen molar-refractivity contribution in [1.29, 1.82) is 0 Å². The van der Waals surface area contributed by atoms with Gasteiger partial charge < -0.3 is 0 Å². The van der Waals surface area contributed by atoms with Crippen LogP contribution in [0.3, 0.4) is 0 Å². The van der Waals surface area contributed by atoms with Crippen LogP contribution in [0.1, 0.15) is 6.92 Å². The molecule has 0 aliphatic carbocycles. The van der Waals surface area contributed by atoms with Crippen molar-refractivity contribution in [3.63, 3.8) is 0 Å². The number of halogens is 1. The van der Waals surface area contributed by atoms with Crippen LogP contribution in [0.25, 0.3) is 0 Å². The second kappa shape index (κ2) is 9.51. The fourth-order valence-electron chi connectivity index (χ4n) is 2.70. The Balaban J connectivity index is 1.78. The Morgan fingerprint density at radius 2 is 1.97 bits per heavy atom. The summed E-state index contributed by atoms with van der Waals surface area (Å²) in [7, 11) is -0.622. The number of amidine groups is 1. The molecule has 1 aliphatic rings. The number of carbonyl (C=O) groups is 1. The summed E-state index contributed by atoms with van der Waals surface area (Å²) >= 11 is 2.81. The highest BCUT2D eigenvalue weighted by Crippen LogP contribution is 2.30. The zero-order valence-electron chi connectivity index (χ0n) is 16.8. The molecule has 1 unspecified atom stereocenters. The topological polar surface area (TPSA) is 70.0 Å². The van der Waals surface area contributed by atoms with E-state index in [1.165, 1.54) is 61.9 Å². The van der Waals surface area contributed by atoms with Gasteiger partial charge in [-0.1, -0.05) is 24.8 Å². The van der Waals surface area contributed by atoms with E-state index in [1.54, 1.807) is 29.2 Å². The molecule has 0 aromatic heterocycles. The normalized spacial score (nSPS) is 18.4. The molecule has 1 amide bonds. The Labute approximate surface area is 184 Å². The zero-order chi connectivity index (χ0) is 21.9. The Kier molecular flexibility index (Phi) is 7.22. The number of rotatable bonds is 6. The fourth-order valence-corrected chi connectivity index (χ4v) is 5.46. The van der Waals surface area contributed by atoms with E-state index in [2.05, 4.69) is 4.99 Å². The SMILES string of the molecule is CC1CN(C(=O)CSc2ccc(F)cc2)C(=Nc2cccc(S(=O)(=O)N(C)C)c2)S1. The highest BCUT2D eigenvalue weighted by molar-refractivity contribution is 8.14. The van der Waals surface area contributed by atoms with Crippen molar-refractivity contribution in [3.8, 4) is 0 Å².